The first-order valence-corrected chi connectivity index (χ1v) is 6.50. The van der Waals surface area contributed by atoms with Crippen LogP contribution in [-0.2, 0) is 14.3 Å². The molecule has 0 saturated heterocycles. The normalized spacial score (nSPS) is 13.1. The zero-order valence-electron chi connectivity index (χ0n) is 11.7. The molecule has 0 fully saturated rings. The number of hydrogen-bond donors (Lipinski definition) is 1. The monoisotopic (exact) mass is 284 g/mol. The van der Waals surface area contributed by atoms with Crippen LogP contribution in [0.3, 0.4) is 0 Å². The molecule has 0 unspecified atom stereocenters. The summed E-state index contributed by atoms with van der Waals surface area (Å²) >= 11 is 0. The van der Waals surface area contributed by atoms with E-state index in [-0.39, 0.29) is 0 Å². The smallest absolute Gasteiger partial charge is 0.398 e. The standard InChI is InChI=1S/C16H16N2O3/c1-21-16(20)15(19)18(14-11-7-4-8-12-14)17-13-9-5-2-3-6-10-13/h2-5,7-12,17H,6H2,1H3. The van der Waals surface area contributed by atoms with Crippen LogP contribution in [0.15, 0.2) is 66.4 Å². The molecule has 0 aromatic heterocycles. The quantitative estimate of drug-likeness (QED) is 0.524. The number of nitrogens with one attached hydrogen (secondary N) is 1. The van der Waals surface area contributed by atoms with E-state index >= 15 is 0 Å². The van der Waals surface area contributed by atoms with E-state index in [4.69, 9.17) is 0 Å². The SMILES string of the molecule is COC(=O)C(=O)N(NC1=CCC=CC=C1)c1ccccc1. The molecule has 1 aliphatic rings. The van der Waals surface area contributed by atoms with Crippen molar-refractivity contribution in [3.63, 3.8) is 0 Å². The van der Waals surface area contributed by atoms with E-state index in [0.717, 1.165) is 12.1 Å². The number of para-hydroxylation sites is 1. The van der Waals surface area contributed by atoms with Gasteiger partial charge in [0, 0.05) is 0 Å². The molecule has 0 heterocycles. The van der Waals surface area contributed by atoms with Crippen molar-refractivity contribution in [1.29, 1.82) is 0 Å². The fourth-order valence-electron chi connectivity index (χ4n) is 1.78. The van der Waals surface area contributed by atoms with Gasteiger partial charge < -0.3 is 4.74 Å². The minimum atomic E-state index is -0.928. The number of esters is 1. The molecule has 0 radical (unpaired) electrons. The largest absolute Gasteiger partial charge is 0.462 e. The van der Waals surface area contributed by atoms with Crippen LogP contribution >= 0.6 is 0 Å². The van der Waals surface area contributed by atoms with Gasteiger partial charge in [-0.1, -0.05) is 42.5 Å². The number of hydrazine groups is 1. The summed E-state index contributed by atoms with van der Waals surface area (Å²) in [4.78, 5) is 23.7. The summed E-state index contributed by atoms with van der Waals surface area (Å²) < 4.78 is 4.51. The summed E-state index contributed by atoms with van der Waals surface area (Å²) in [6.45, 7) is 0. The molecule has 5 nitrogen and oxygen atoms in total. The average molecular weight is 284 g/mol. The Morgan fingerprint density at radius 1 is 1.19 bits per heavy atom. The minimum Gasteiger partial charge on any atom is -0.462 e. The molecule has 1 N–H and O–H groups in total. The third kappa shape index (κ3) is 3.82. The first-order chi connectivity index (χ1) is 10.2. The topological polar surface area (TPSA) is 58.6 Å². The van der Waals surface area contributed by atoms with E-state index in [9.17, 15) is 9.59 Å². The Kier molecular flexibility index (Phi) is 4.93. The first kappa shape index (κ1) is 14.6. The van der Waals surface area contributed by atoms with Crippen molar-refractivity contribution in [2.45, 2.75) is 6.42 Å². The highest BCUT2D eigenvalue weighted by Gasteiger charge is 2.24. The van der Waals surface area contributed by atoms with E-state index in [1.54, 1.807) is 24.3 Å². The summed E-state index contributed by atoms with van der Waals surface area (Å²) in [5, 5.41) is 1.17. The van der Waals surface area contributed by atoms with Crippen molar-refractivity contribution in [3.8, 4) is 0 Å². The molecule has 0 aliphatic heterocycles. The van der Waals surface area contributed by atoms with Crippen molar-refractivity contribution in [2.75, 3.05) is 12.1 Å². The number of anilines is 1. The van der Waals surface area contributed by atoms with Crippen molar-refractivity contribution in [2.24, 2.45) is 0 Å². The zero-order chi connectivity index (χ0) is 15.1. The van der Waals surface area contributed by atoms with Gasteiger partial charge in [-0.2, -0.15) is 0 Å². The number of benzene rings is 1. The molecule has 21 heavy (non-hydrogen) atoms. The predicted molar refractivity (Wildman–Crippen MR) is 80.1 cm³/mol. The summed E-state index contributed by atoms with van der Waals surface area (Å²) in [7, 11) is 1.18. The number of hydrogen-bond acceptors (Lipinski definition) is 4. The lowest BCUT2D eigenvalue weighted by Gasteiger charge is -2.23. The Bertz CT molecular complexity index is 603. The van der Waals surface area contributed by atoms with Gasteiger partial charge in [-0.3, -0.25) is 10.2 Å². The zero-order valence-corrected chi connectivity index (χ0v) is 11.7. The van der Waals surface area contributed by atoms with E-state index in [1.807, 2.05) is 36.4 Å². The van der Waals surface area contributed by atoms with Crippen molar-refractivity contribution < 1.29 is 14.3 Å². The van der Waals surface area contributed by atoms with Crippen LogP contribution in [0, 0.1) is 0 Å². The molecule has 0 atom stereocenters. The molecule has 2 rings (SSSR count). The summed E-state index contributed by atoms with van der Waals surface area (Å²) in [6.07, 6.45) is 10.2. The van der Waals surface area contributed by atoms with Crippen LogP contribution in [0.5, 0.6) is 0 Å². The number of amides is 1. The first-order valence-electron chi connectivity index (χ1n) is 6.50. The fraction of sp³-hybridized carbons (Fsp3) is 0.125. The van der Waals surface area contributed by atoms with Gasteiger partial charge in [0.1, 0.15) is 0 Å². The van der Waals surface area contributed by atoms with E-state index in [1.165, 1.54) is 12.1 Å². The van der Waals surface area contributed by atoms with Gasteiger partial charge in [0.15, 0.2) is 0 Å². The van der Waals surface area contributed by atoms with Gasteiger partial charge in [-0.05, 0) is 24.6 Å². The second kappa shape index (κ2) is 7.09. The Hall–Kier alpha value is -2.82. The lowest BCUT2D eigenvalue weighted by Crippen LogP contribution is -2.46. The molecule has 1 amide bonds. The molecule has 1 aromatic carbocycles. The molecule has 1 aliphatic carbocycles. The lowest BCUT2D eigenvalue weighted by molar-refractivity contribution is -0.151. The van der Waals surface area contributed by atoms with Gasteiger partial charge in [-0.15, -0.1) is 0 Å². The predicted octanol–water partition coefficient (Wildman–Crippen LogP) is 2.10. The maximum absolute atomic E-state index is 12.2. The van der Waals surface area contributed by atoms with E-state index in [0.29, 0.717) is 5.69 Å². The van der Waals surface area contributed by atoms with Crippen LogP contribution < -0.4 is 10.4 Å². The second-order valence-electron chi connectivity index (χ2n) is 4.26. The van der Waals surface area contributed by atoms with Crippen LogP contribution in [-0.4, -0.2) is 19.0 Å². The number of carbonyl (C=O) groups is 2. The third-order valence-electron chi connectivity index (χ3n) is 2.82. The Morgan fingerprint density at radius 3 is 2.67 bits per heavy atom. The van der Waals surface area contributed by atoms with Gasteiger partial charge in [0.25, 0.3) is 0 Å². The maximum atomic E-state index is 12.2. The van der Waals surface area contributed by atoms with Crippen molar-refractivity contribution in [3.05, 3.63) is 66.4 Å². The highest BCUT2D eigenvalue weighted by molar-refractivity contribution is 6.37. The minimum absolute atomic E-state index is 0.555. The Morgan fingerprint density at radius 2 is 1.95 bits per heavy atom. The van der Waals surface area contributed by atoms with Crippen LogP contribution in [0.1, 0.15) is 6.42 Å². The number of nitrogens with zero attached hydrogens (tertiary/aromatic N) is 1. The molecular formula is C16H16N2O3. The average Bonchev–Trinajstić information content (AvgIpc) is 2.80. The molecule has 0 spiro atoms. The second-order valence-corrected chi connectivity index (χ2v) is 4.26. The Balaban J connectivity index is 2.26. The van der Waals surface area contributed by atoms with Gasteiger partial charge in [-0.25, -0.2) is 9.80 Å². The third-order valence-corrected chi connectivity index (χ3v) is 2.82. The van der Waals surface area contributed by atoms with Crippen molar-refractivity contribution in [1.82, 2.24) is 5.43 Å². The summed E-state index contributed by atoms with van der Waals surface area (Å²) in [5.74, 6) is -1.71. The Labute approximate surface area is 123 Å². The summed E-state index contributed by atoms with van der Waals surface area (Å²) in [5.41, 5.74) is 4.22. The number of allylic oxidation sites excluding steroid dienone is 5. The van der Waals surface area contributed by atoms with E-state index in [2.05, 4.69) is 10.2 Å². The molecule has 5 heteroatoms. The molecule has 108 valence electrons. The fourth-order valence-corrected chi connectivity index (χ4v) is 1.78. The highest BCUT2D eigenvalue weighted by Crippen LogP contribution is 2.14. The maximum Gasteiger partial charge on any atom is 0.398 e. The van der Waals surface area contributed by atoms with Gasteiger partial charge >= 0.3 is 11.9 Å². The molecule has 1 aromatic rings. The number of carbonyl (C=O) groups excluding carboxylic acids is 2. The number of rotatable bonds is 3. The van der Waals surface area contributed by atoms with E-state index < -0.39 is 11.9 Å². The van der Waals surface area contributed by atoms with Crippen LogP contribution in [0.4, 0.5) is 5.69 Å². The summed E-state index contributed by atoms with van der Waals surface area (Å²) in [6, 6.07) is 8.86. The van der Waals surface area contributed by atoms with Gasteiger partial charge in [0.2, 0.25) is 0 Å². The van der Waals surface area contributed by atoms with Crippen LogP contribution in [0.25, 0.3) is 0 Å². The van der Waals surface area contributed by atoms with Crippen LogP contribution in [0.2, 0.25) is 0 Å². The number of methoxy groups -OCH3 is 1. The molecule has 0 saturated carbocycles. The lowest BCUT2D eigenvalue weighted by atomic mass is 10.3. The molecular weight excluding hydrogens is 268 g/mol. The molecule has 0 bridgehead atoms. The number of ether oxygens (including phenoxy) is 1. The van der Waals surface area contributed by atoms with Gasteiger partial charge in [0.05, 0.1) is 18.5 Å². The van der Waals surface area contributed by atoms with Crippen molar-refractivity contribution >= 4 is 17.6 Å². The highest BCUT2D eigenvalue weighted by atomic mass is 16.5.